The molecule has 1 saturated heterocycles. The second-order valence-corrected chi connectivity index (χ2v) is 4.77. The molecule has 0 aromatic heterocycles. The molecule has 16 heavy (non-hydrogen) atoms. The van der Waals surface area contributed by atoms with Crippen LogP contribution in [0.1, 0.15) is 20.3 Å². The highest BCUT2D eigenvalue weighted by Crippen LogP contribution is 2.19. The lowest BCUT2D eigenvalue weighted by molar-refractivity contribution is -0.0505. The van der Waals surface area contributed by atoms with Crippen molar-refractivity contribution in [3.8, 4) is 0 Å². The van der Waals surface area contributed by atoms with Crippen LogP contribution in [-0.2, 0) is 9.47 Å². The molecule has 4 heteroatoms. The fourth-order valence-corrected chi connectivity index (χ4v) is 2.24. The van der Waals surface area contributed by atoms with Crippen LogP contribution in [0.3, 0.4) is 0 Å². The fourth-order valence-electron chi connectivity index (χ4n) is 2.24. The predicted octanol–water partition coefficient (Wildman–Crippen LogP) is 0.727. The highest BCUT2D eigenvalue weighted by molar-refractivity contribution is 5.09. The largest absolute Gasteiger partial charge is 0.496 e. The van der Waals surface area contributed by atoms with Crippen LogP contribution in [0.4, 0.5) is 0 Å². The Morgan fingerprint density at radius 2 is 2.25 bits per heavy atom. The molecule has 0 aromatic rings. The molecule has 0 amide bonds. The predicted molar refractivity (Wildman–Crippen MR) is 63.1 cm³/mol. The number of hydrogen-bond acceptors (Lipinski definition) is 4. The van der Waals surface area contributed by atoms with Crippen LogP contribution in [0.15, 0.2) is 11.8 Å². The average molecular weight is 226 g/mol. The van der Waals surface area contributed by atoms with Gasteiger partial charge in [-0.2, -0.15) is 0 Å². The maximum absolute atomic E-state index is 6.17. The van der Waals surface area contributed by atoms with Gasteiger partial charge >= 0.3 is 0 Å². The van der Waals surface area contributed by atoms with E-state index in [2.05, 4.69) is 24.8 Å². The van der Waals surface area contributed by atoms with E-state index < -0.39 is 0 Å². The summed E-state index contributed by atoms with van der Waals surface area (Å²) in [4.78, 5) is 2.41. The first-order valence-electron chi connectivity index (χ1n) is 6.12. The van der Waals surface area contributed by atoms with Gasteiger partial charge < -0.3 is 15.2 Å². The summed E-state index contributed by atoms with van der Waals surface area (Å²) >= 11 is 0. The molecule has 0 aromatic carbocycles. The molecule has 0 radical (unpaired) electrons. The lowest BCUT2D eigenvalue weighted by atomic mass is 10.1. The third-order valence-electron chi connectivity index (χ3n) is 3.32. The maximum atomic E-state index is 6.17. The zero-order chi connectivity index (χ0) is 11.5. The van der Waals surface area contributed by atoms with Crippen LogP contribution in [0.2, 0.25) is 0 Å². The summed E-state index contributed by atoms with van der Waals surface area (Å²) in [7, 11) is 0. The SMILES string of the molecule is CC(C)N1CCOC(C(N)C2=CCCO2)C1. The summed E-state index contributed by atoms with van der Waals surface area (Å²) in [5.74, 6) is 0.913. The molecule has 2 atom stereocenters. The van der Waals surface area contributed by atoms with Gasteiger partial charge in [0.1, 0.15) is 5.76 Å². The number of nitrogens with zero attached hydrogens (tertiary/aromatic N) is 1. The Balaban J connectivity index is 1.93. The van der Waals surface area contributed by atoms with Crippen LogP contribution in [-0.4, -0.2) is 49.4 Å². The van der Waals surface area contributed by atoms with Gasteiger partial charge in [0.15, 0.2) is 0 Å². The third-order valence-corrected chi connectivity index (χ3v) is 3.32. The molecule has 0 aliphatic carbocycles. The second kappa shape index (κ2) is 5.17. The van der Waals surface area contributed by atoms with Crippen LogP contribution in [0.5, 0.6) is 0 Å². The number of hydrogen-bond donors (Lipinski definition) is 1. The number of morpholine rings is 1. The van der Waals surface area contributed by atoms with E-state index >= 15 is 0 Å². The summed E-state index contributed by atoms with van der Waals surface area (Å²) < 4.78 is 11.2. The fraction of sp³-hybridized carbons (Fsp3) is 0.833. The molecule has 92 valence electrons. The molecule has 2 unspecified atom stereocenters. The zero-order valence-corrected chi connectivity index (χ0v) is 10.2. The molecule has 2 rings (SSSR count). The summed E-state index contributed by atoms with van der Waals surface area (Å²) in [5, 5.41) is 0. The highest BCUT2D eigenvalue weighted by atomic mass is 16.5. The van der Waals surface area contributed by atoms with E-state index in [0.29, 0.717) is 6.04 Å². The van der Waals surface area contributed by atoms with Crippen molar-refractivity contribution in [2.45, 2.75) is 38.5 Å². The first-order valence-corrected chi connectivity index (χ1v) is 6.12. The molecular formula is C12H22N2O2. The van der Waals surface area contributed by atoms with Crippen molar-refractivity contribution in [1.29, 1.82) is 0 Å². The van der Waals surface area contributed by atoms with E-state index in [9.17, 15) is 0 Å². The number of ether oxygens (including phenoxy) is 2. The Morgan fingerprint density at radius 1 is 1.44 bits per heavy atom. The van der Waals surface area contributed by atoms with E-state index in [4.69, 9.17) is 15.2 Å². The standard InChI is InChI=1S/C12H22N2O2/c1-9(2)14-5-7-16-11(8-14)12(13)10-4-3-6-15-10/h4,9,11-12H,3,5-8,13H2,1-2H3. The first kappa shape index (κ1) is 11.9. The van der Waals surface area contributed by atoms with Crippen molar-refractivity contribution in [2.75, 3.05) is 26.3 Å². The molecular weight excluding hydrogens is 204 g/mol. The van der Waals surface area contributed by atoms with Gasteiger partial charge in [-0.15, -0.1) is 0 Å². The molecule has 2 aliphatic heterocycles. The Bertz CT molecular complexity index is 266. The molecule has 2 heterocycles. The molecule has 2 N–H and O–H groups in total. The van der Waals surface area contributed by atoms with Crippen molar-refractivity contribution < 1.29 is 9.47 Å². The highest BCUT2D eigenvalue weighted by Gasteiger charge is 2.30. The quantitative estimate of drug-likeness (QED) is 0.770. The van der Waals surface area contributed by atoms with Gasteiger partial charge in [0.05, 0.1) is 25.4 Å². The minimum absolute atomic E-state index is 0.0699. The van der Waals surface area contributed by atoms with Crippen LogP contribution in [0, 0.1) is 0 Å². The van der Waals surface area contributed by atoms with E-state index in [0.717, 1.165) is 38.5 Å². The Kier molecular flexibility index (Phi) is 3.84. The molecule has 0 spiro atoms. The molecule has 0 bridgehead atoms. The Morgan fingerprint density at radius 3 is 2.88 bits per heavy atom. The van der Waals surface area contributed by atoms with Crippen LogP contribution < -0.4 is 5.73 Å². The smallest absolute Gasteiger partial charge is 0.112 e. The number of nitrogens with two attached hydrogens (primary N) is 1. The van der Waals surface area contributed by atoms with Gasteiger partial charge in [0.25, 0.3) is 0 Å². The van der Waals surface area contributed by atoms with Gasteiger partial charge in [-0.05, 0) is 19.9 Å². The van der Waals surface area contributed by atoms with Gasteiger partial charge in [0, 0.05) is 25.6 Å². The Hall–Kier alpha value is -0.580. The lowest BCUT2D eigenvalue weighted by Gasteiger charge is -2.37. The van der Waals surface area contributed by atoms with Crippen molar-refractivity contribution >= 4 is 0 Å². The minimum Gasteiger partial charge on any atom is -0.496 e. The van der Waals surface area contributed by atoms with Gasteiger partial charge in [0.2, 0.25) is 0 Å². The van der Waals surface area contributed by atoms with Crippen molar-refractivity contribution in [3.05, 3.63) is 11.8 Å². The third kappa shape index (κ3) is 2.56. The molecule has 4 nitrogen and oxygen atoms in total. The van der Waals surface area contributed by atoms with Crippen LogP contribution in [0.25, 0.3) is 0 Å². The van der Waals surface area contributed by atoms with Gasteiger partial charge in [-0.1, -0.05) is 0 Å². The zero-order valence-electron chi connectivity index (χ0n) is 10.2. The van der Waals surface area contributed by atoms with Crippen LogP contribution >= 0.6 is 0 Å². The minimum atomic E-state index is -0.107. The maximum Gasteiger partial charge on any atom is 0.112 e. The monoisotopic (exact) mass is 226 g/mol. The van der Waals surface area contributed by atoms with E-state index in [1.165, 1.54) is 0 Å². The molecule has 2 aliphatic rings. The first-order chi connectivity index (χ1) is 7.68. The van der Waals surface area contributed by atoms with Gasteiger partial charge in [-0.25, -0.2) is 0 Å². The lowest BCUT2D eigenvalue weighted by Crippen LogP contribution is -2.53. The number of rotatable bonds is 3. The van der Waals surface area contributed by atoms with Crippen molar-refractivity contribution in [3.63, 3.8) is 0 Å². The van der Waals surface area contributed by atoms with E-state index in [1.54, 1.807) is 0 Å². The molecule has 1 fully saturated rings. The molecule has 0 saturated carbocycles. The van der Waals surface area contributed by atoms with Crippen molar-refractivity contribution in [2.24, 2.45) is 5.73 Å². The summed E-state index contributed by atoms with van der Waals surface area (Å²) in [5.41, 5.74) is 6.17. The topological polar surface area (TPSA) is 47.7 Å². The summed E-state index contributed by atoms with van der Waals surface area (Å²) in [6.07, 6.45) is 3.13. The second-order valence-electron chi connectivity index (χ2n) is 4.77. The summed E-state index contributed by atoms with van der Waals surface area (Å²) in [6, 6.07) is 0.445. The van der Waals surface area contributed by atoms with E-state index in [1.807, 2.05) is 0 Å². The summed E-state index contributed by atoms with van der Waals surface area (Å²) in [6.45, 7) is 7.85. The van der Waals surface area contributed by atoms with E-state index in [-0.39, 0.29) is 12.1 Å². The normalized spacial score (nSPS) is 29.0. The Labute approximate surface area is 97.4 Å². The van der Waals surface area contributed by atoms with Crippen molar-refractivity contribution in [1.82, 2.24) is 4.90 Å². The van der Waals surface area contributed by atoms with Gasteiger partial charge in [-0.3, -0.25) is 4.90 Å². The average Bonchev–Trinajstić information content (AvgIpc) is 2.81.